The van der Waals surface area contributed by atoms with Crippen molar-refractivity contribution in [2.75, 3.05) is 19.5 Å². The predicted molar refractivity (Wildman–Crippen MR) is 125 cm³/mol. The van der Waals surface area contributed by atoms with Crippen LogP contribution in [0.15, 0.2) is 46.9 Å². The molecule has 1 atom stereocenters. The second-order valence-electron chi connectivity index (χ2n) is 8.92. The summed E-state index contributed by atoms with van der Waals surface area (Å²) < 4.78 is 55.2. The van der Waals surface area contributed by atoms with E-state index in [1.54, 1.807) is 38.7 Å². The molecule has 0 fully saturated rings. The minimum atomic E-state index is -4.52. The summed E-state index contributed by atoms with van der Waals surface area (Å²) in [5, 5.41) is 5.99. The number of methoxy groups -OCH3 is 2. The number of alkyl halides is 3. The number of fused-ring (bicyclic) bond motifs is 1. The van der Waals surface area contributed by atoms with Gasteiger partial charge in [0.1, 0.15) is 17.3 Å². The Hall–Kier alpha value is -3.73. The second-order valence-corrected chi connectivity index (χ2v) is 8.92. The molecule has 11 heteroatoms. The minimum Gasteiger partial charge on any atom is -0.498 e. The van der Waals surface area contributed by atoms with Gasteiger partial charge in [0.05, 0.1) is 24.9 Å². The third-order valence-corrected chi connectivity index (χ3v) is 6.11. The molecule has 3 heterocycles. The molecule has 0 aliphatic heterocycles. The van der Waals surface area contributed by atoms with E-state index in [-0.39, 0.29) is 24.1 Å². The fourth-order valence-corrected chi connectivity index (χ4v) is 3.70. The molecule has 0 saturated carbocycles. The number of carbonyl (C=O) groups is 1. The van der Waals surface area contributed by atoms with Crippen molar-refractivity contribution in [1.82, 2.24) is 15.1 Å². The summed E-state index contributed by atoms with van der Waals surface area (Å²) in [4.78, 5) is 21.4. The zero-order valence-corrected chi connectivity index (χ0v) is 20.1. The Kier molecular flexibility index (Phi) is 6.85. The van der Waals surface area contributed by atoms with Crippen LogP contribution in [0.1, 0.15) is 36.4 Å². The van der Waals surface area contributed by atoms with Gasteiger partial charge >= 0.3 is 6.18 Å². The molecule has 0 saturated heterocycles. The van der Waals surface area contributed by atoms with E-state index in [9.17, 15) is 18.0 Å². The largest absolute Gasteiger partial charge is 0.498 e. The second kappa shape index (κ2) is 9.73. The highest BCUT2D eigenvalue weighted by molar-refractivity contribution is 5.91. The van der Waals surface area contributed by atoms with Crippen molar-refractivity contribution < 1.29 is 32.0 Å². The topological polar surface area (TPSA) is 99.4 Å². The van der Waals surface area contributed by atoms with Crippen molar-refractivity contribution in [2.45, 2.75) is 44.4 Å². The van der Waals surface area contributed by atoms with Crippen LogP contribution in [0.4, 0.5) is 19.0 Å². The molecule has 190 valence electrons. The molecule has 0 aromatic carbocycles. The van der Waals surface area contributed by atoms with Crippen molar-refractivity contribution in [2.24, 2.45) is 0 Å². The first-order valence-electron chi connectivity index (χ1n) is 11.1. The van der Waals surface area contributed by atoms with Crippen LogP contribution in [0.5, 0.6) is 0 Å². The predicted octanol–water partition coefficient (Wildman–Crippen LogP) is 4.71. The van der Waals surface area contributed by atoms with E-state index in [1.165, 1.54) is 0 Å². The summed E-state index contributed by atoms with van der Waals surface area (Å²) in [7, 11) is 3.22. The number of nitrogens with one attached hydrogen (secondary N) is 1. The maximum atomic E-state index is 13.2. The maximum Gasteiger partial charge on any atom is 0.401 e. The van der Waals surface area contributed by atoms with Gasteiger partial charge in [-0.25, -0.2) is 0 Å². The highest BCUT2D eigenvalue weighted by Crippen LogP contribution is 2.41. The summed E-state index contributed by atoms with van der Waals surface area (Å²) in [6, 6.07) is 6.56. The van der Waals surface area contributed by atoms with Gasteiger partial charge in [0, 0.05) is 43.1 Å². The molecule has 1 amide bonds. The van der Waals surface area contributed by atoms with Gasteiger partial charge < -0.3 is 19.3 Å². The number of hydrogen-bond donors (Lipinski definition) is 1. The molecule has 1 unspecified atom stereocenters. The number of rotatable bonds is 7. The number of amides is 1. The number of pyridine rings is 2. The van der Waals surface area contributed by atoms with Gasteiger partial charge in [-0.1, -0.05) is 11.2 Å². The van der Waals surface area contributed by atoms with E-state index in [4.69, 9.17) is 14.0 Å². The molecule has 1 aliphatic rings. The Morgan fingerprint density at radius 2 is 1.94 bits per heavy atom. The van der Waals surface area contributed by atoms with Crippen LogP contribution >= 0.6 is 0 Å². The Bertz CT molecular complexity index is 1280. The summed E-state index contributed by atoms with van der Waals surface area (Å²) in [5.41, 5.74) is 1.67. The minimum absolute atomic E-state index is 0.0427. The molecular formula is C25H25F3N4O4. The van der Waals surface area contributed by atoms with E-state index in [0.29, 0.717) is 17.7 Å². The number of ether oxygens (including phenoxy) is 2. The normalized spacial score (nSPS) is 15.8. The Morgan fingerprint density at radius 1 is 1.17 bits per heavy atom. The molecule has 3 aromatic heterocycles. The molecule has 3 aromatic rings. The third-order valence-electron chi connectivity index (χ3n) is 6.11. The highest BCUT2D eigenvalue weighted by atomic mass is 19.4. The molecule has 0 spiro atoms. The fourth-order valence-electron chi connectivity index (χ4n) is 3.70. The van der Waals surface area contributed by atoms with Gasteiger partial charge in [-0.15, -0.1) is 0 Å². The Morgan fingerprint density at radius 3 is 2.58 bits per heavy atom. The summed E-state index contributed by atoms with van der Waals surface area (Å²) >= 11 is 0. The monoisotopic (exact) mass is 502 g/mol. The van der Waals surface area contributed by atoms with Gasteiger partial charge in [0.2, 0.25) is 5.91 Å². The standard InChI is InChI=1S/C25H25F3N4O4/c1-24(2,25(26,27)28)21-11-22(32-36-21)31-23(33)7-14-5-6-17(29-12-14)16-8-15-9-19(34-3)20(35-4)10-18(15)30-13-16/h5-6,8-9,11-13,20H,7,10H2,1-4H3,(H,31,32,33). The molecule has 0 radical (unpaired) electrons. The first-order chi connectivity index (χ1) is 17.0. The number of halogens is 3. The lowest BCUT2D eigenvalue weighted by Crippen LogP contribution is -2.35. The zero-order chi connectivity index (χ0) is 26.1. The van der Waals surface area contributed by atoms with Gasteiger partial charge in [0.15, 0.2) is 11.6 Å². The van der Waals surface area contributed by atoms with Crippen molar-refractivity contribution in [3.8, 4) is 11.3 Å². The van der Waals surface area contributed by atoms with Gasteiger partial charge in [-0.05, 0) is 37.6 Å². The molecule has 36 heavy (non-hydrogen) atoms. The van der Waals surface area contributed by atoms with Crippen LogP contribution in [0.3, 0.4) is 0 Å². The fraction of sp³-hybridized carbons (Fsp3) is 0.360. The van der Waals surface area contributed by atoms with Crippen molar-refractivity contribution in [3.63, 3.8) is 0 Å². The van der Waals surface area contributed by atoms with Crippen LogP contribution < -0.4 is 5.32 Å². The molecular weight excluding hydrogens is 477 g/mol. The van der Waals surface area contributed by atoms with E-state index in [0.717, 1.165) is 42.5 Å². The molecule has 4 rings (SSSR count). The lowest BCUT2D eigenvalue weighted by Gasteiger charge is -2.24. The highest BCUT2D eigenvalue weighted by Gasteiger charge is 2.51. The number of anilines is 1. The van der Waals surface area contributed by atoms with Crippen LogP contribution in [0.25, 0.3) is 17.3 Å². The van der Waals surface area contributed by atoms with Crippen LogP contribution in [-0.2, 0) is 32.5 Å². The summed E-state index contributed by atoms with van der Waals surface area (Å²) in [6.45, 7) is 1.96. The van der Waals surface area contributed by atoms with Crippen molar-refractivity contribution in [1.29, 1.82) is 0 Å². The van der Waals surface area contributed by atoms with E-state index in [2.05, 4.69) is 20.4 Å². The average molecular weight is 502 g/mol. The first-order valence-corrected chi connectivity index (χ1v) is 11.1. The Balaban J connectivity index is 1.42. The zero-order valence-electron chi connectivity index (χ0n) is 20.1. The molecule has 1 aliphatic carbocycles. The number of hydrogen-bond acceptors (Lipinski definition) is 7. The number of aromatic nitrogens is 3. The summed E-state index contributed by atoms with van der Waals surface area (Å²) in [5.74, 6) is -0.217. The molecule has 1 N–H and O–H groups in total. The quantitative estimate of drug-likeness (QED) is 0.500. The number of carbonyl (C=O) groups excluding carboxylic acids is 1. The van der Waals surface area contributed by atoms with Gasteiger partial charge in [0.25, 0.3) is 0 Å². The lowest BCUT2D eigenvalue weighted by atomic mass is 9.89. The number of nitrogens with zero attached hydrogens (tertiary/aromatic N) is 3. The molecule has 8 nitrogen and oxygen atoms in total. The maximum absolute atomic E-state index is 13.2. The SMILES string of the molecule is COC1=Cc2cc(-c3ccc(CC(=O)Nc4cc(C(C)(C)C(F)(F)F)on4)cn3)cnc2CC1OC. The van der Waals surface area contributed by atoms with E-state index >= 15 is 0 Å². The van der Waals surface area contributed by atoms with Crippen LogP contribution in [-0.4, -0.2) is 47.5 Å². The summed E-state index contributed by atoms with van der Waals surface area (Å²) in [6.07, 6.45) is 1.05. The van der Waals surface area contributed by atoms with E-state index in [1.807, 2.05) is 12.1 Å². The Labute approximate surface area is 205 Å². The van der Waals surface area contributed by atoms with Gasteiger partial charge in [-0.3, -0.25) is 14.8 Å². The van der Waals surface area contributed by atoms with E-state index < -0.39 is 17.5 Å². The first kappa shape index (κ1) is 25.4. The van der Waals surface area contributed by atoms with Crippen LogP contribution in [0, 0.1) is 0 Å². The lowest BCUT2D eigenvalue weighted by molar-refractivity contribution is -0.185. The van der Waals surface area contributed by atoms with Gasteiger partial charge in [-0.2, -0.15) is 13.2 Å². The third kappa shape index (κ3) is 5.11. The average Bonchev–Trinajstić information content (AvgIpc) is 3.31. The van der Waals surface area contributed by atoms with Crippen molar-refractivity contribution >= 4 is 17.8 Å². The smallest absolute Gasteiger partial charge is 0.401 e. The van der Waals surface area contributed by atoms with Crippen molar-refractivity contribution in [3.05, 3.63) is 65.0 Å². The van der Waals surface area contributed by atoms with Crippen LogP contribution in [0.2, 0.25) is 0 Å². The molecule has 0 bridgehead atoms.